The molecular formula is C13H18N4. The van der Waals surface area contributed by atoms with E-state index in [1.54, 1.807) is 0 Å². The maximum absolute atomic E-state index is 4.34. The van der Waals surface area contributed by atoms with E-state index in [9.17, 15) is 0 Å². The van der Waals surface area contributed by atoms with Gasteiger partial charge in [-0.3, -0.25) is 4.98 Å². The van der Waals surface area contributed by atoms with Gasteiger partial charge in [0.2, 0.25) is 0 Å². The number of pyridine rings is 1. The SMILES string of the molecule is CCn1cncc1CN[C@H](C)c1ccccn1. The Morgan fingerprint density at radius 2 is 2.29 bits per heavy atom. The van der Waals surface area contributed by atoms with Gasteiger partial charge in [-0.1, -0.05) is 6.07 Å². The molecule has 0 aliphatic rings. The van der Waals surface area contributed by atoms with E-state index in [1.165, 1.54) is 5.69 Å². The van der Waals surface area contributed by atoms with Crippen LogP contribution in [0.2, 0.25) is 0 Å². The lowest BCUT2D eigenvalue weighted by Gasteiger charge is -2.13. The third kappa shape index (κ3) is 2.91. The van der Waals surface area contributed by atoms with Gasteiger partial charge in [0.25, 0.3) is 0 Å². The fourth-order valence-corrected chi connectivity index (χ4v) is 1.77. The standard InChI is InChI=1S/C13H18N4/c1-3-17-10-14-8-12(17)9-16-11(2)13-6-4-5-7-15-13/h4-8,10-11,16H,3,9H2,1-2H3/t11-/m1/s1. The van der Waals surface area contributed by atoms with Gasteiger partial charge in [0.05, 0.1) is 17.7 Å². The summed E-state index contributed by atoms with van der Waals surface area (Å²) in [6.07, 6.45) is 5.59. The summed E-state index contributed by atoms with van der Waals surface area (Å²) >= 11 is 0. The average Bonchev–Trinajstić information content (AvgIpc) is 2.84. The fraction of sp³-hybridized carbons (Fsp3) is 0.385. The number of imidazole rings is 1. The minimum Gasteiger partial charge on any atom is -0.334 e. The highest BCUT2D eigenvalue weighted by Gasteiger charge is 2.07. The van der Waals surface area contributed by atoms with Crippen LogP contribution in [-0.4, -0.2) is 14.5 Å². The van der Waals surface area contributed by atoms with Crippen molar-refractivity contribution in [3.8, 4) is 0 Å². The number of hydrogen-bond acceptors (Lipinski definition) is 3. The number of aryl methyl sites for hydroxylation is 1. The van der Waals surface area contributed by atoms with Crippen LogP contribution >= 0.6 is 0 Å². The molecule has 0 aliphatic heterocycles. The number of aromatic nitrogens is 3. The Labute approximate surface area is 102 Å². The van der Waals surface area contributed by atoms with E-state index in [0.717, 1.165) is 18.8 Å². The third-order valence-electron chi connectivity index (χ3n) is 2.86. The zero-order valence-electron chi connectivity index (χ0n) is 10.3. The van der Waals surface area contributed by atoms with Gasteiger partial charge in [0.15, 0.2) is 0 Å². The second-order valence-corrected chi connectivity index (χ2v) is 4.03. The van der Waals surface area contributed by atoms with Crippen LogP contribution in [0.15, 0.2) is 36.9 Å². The largest absolute Gasteiger partial charge is 0.334 e. The molecule has 0 unspecified atom stereocenters. The number of hydrogen-bond donors (Lipinski definition) is 1. The molecule has 0 bridgehead atoms. The lowest BCUT2D eigenvalue weighted by molar-refractivity contribution is 0.539. The summed E-state index contributed by atoms with van der Waals surface area (Å²) in [4.78, 5) is 8.49. The molecule has 2 aromatic rings. The molecule has 2 aromatic heterocycles. The van der Waals surface area contributed by atoms with Gasteiger partial charge in [0, 0.05) is 31.5 Å². The Hall–Kier alpha value is -1.68. The molecule has 4 nitrogen and oxygen atoms in total. The summed E-state index contributed by atoms with van der Waals surface area (Å²) in [7, 11) is 0. The smallest absolute Gasteiger partial charge is 0.0948 e. The molecule has 2 heterocycles. The topological polar surface area (TPSA) is 42.7 Å². The molecule has 90 valence electrons. The van der Waals surface area contributed by atoms with Gasteiger partial charge < -0.3 is 9.88 Å². The van der Waals surface area contributed by atoms with Crippen LogP contribution < -0.4 is 5.32 Å². The van der Waals surface area contributed by atoms with E-state index in [4.69, 9.17) is 0 Å². The highest BCUT2D eigenvalue weighted by atomic mass is 15.1. The first-order valence-corrected chi connectivity index (χ1v) is 5.94. The van der Waals surface area contributed by atoms with Gasteiger partial charge in [-0.15, -0.1) is 0 Å². The second kappa shape index (κ2) is 5.59. The minimum absolute atomic E-state index is 0.247. The third-order valence-corrected chi connectivity index (χ3v) is 2.86. The van der Waals surface area contributed by atoms with Crippen LogP contribution in [0.4, 0.5) is 0 Å². The molecule has 0 saturated heterocycles. The molecule has 1 N–H and O–H groups in total. The van der Waals surface area contributed by atoms with Crippen LogP contribution in [0.3, 0.4) is 0 Å². The monoisotopic (exact) mass is 230 g/mol. The predicted octanol–water partition coefficient (Wildman–Crippen LogP) is 2.15. The van der Waals surface area contributed by atoms with Crippen molar-refractivity contribution in [2.24, 2.45) is 0 Å². The van der Waals surface area contributed by atoms with Gasteiger partial charge in [-0.2, -0.15) is 0 Å². The van der Waals surface area contributed by atoms with Crippen LogP contribution in [0.5, 0.6) is 0 Å². The van der Waals surface area contributed by atoms with Crippen molar-refractivity contribution in [1.82, 2.24) is 19.9 Å². The van der Waals surface area contributed by atoms with E-state index in [2.05, 4.69) is 33.7 Å². The molecule has 0 amide bonds. The normalized spacial score (nSPS) is 12.6. The van der Waals surface area contributed by atoms with E-state index in [-0.39, 0.29) is 6.04 Å². The fourth-order valence-electron chi connectivity index (χ4n) is 1.77. The highest BCUT2D eigenvalue weighted by Crippen LogP contribution is 2.09. The molecule has 0 fully saturated rings. The molecule has 1 atom stereocenters. The second-order valence-electron chi connectivity index (χ2n) is 4.03. The number of nitrogens with one attached hydrogen (secondary N) is 1. The van der Waals surface area contributed by atoms with Crippen LogP contribution in [-0.2, 0) is 13.1 Å². The summed E-state index contributed by atoms with van der Waals surface area (Å²) < 4.78 is 2.14. The molecular weight excluding hydrogens is 212 g/mol. The van der Waals surface area contributed by atoms with Crippen molar-refractivity contribution in [3.63, 3.8) is 0 Å². The summed E-state index contributed by atoms with van der Waals surface area (Å²) in [5.41, 5.74) is 2.27. The van der Waals surface area contributed by atoms with Crippen molar-refractivity contribution < 1.29 is 0 Å². The molecule has 17 heavy (non-hydrogen) atoms. The van der Waals surface area contributed by atoms with Crippen LogP contribution in [0.25, 0.3) is 0 Å². The Morgan fingerprint density at radius 1 is 1.41 bits per heavy atom. The van der Waals surface area contributed by atoms with Gasteiger partial charge in [-0.05, 0) is 26.0 Å². The summed E-state index contributed by atoms with van der Waals surface area (Å²) in [6.45, 7) is 6.00. The number of rotatable bonds is 5. The molecule has 0 spiro atoms. The summed E-state index contributed by atoms with van der Waals surface area (Å²) in [6, 6.07) is 6.23. The van der Waals surface area contributed by atoms with Crippen LogP contribution in [0, 0.1) is 0 Å². The van der Waals surface area contributed by atoms with E-state index in [1.807, 2.05) is 36.9 Å². The minimum atomic E-state index is 0.247. The molecule has 4 heteroatoms. The maximum Gasteiger partial charge on any atom is 0.0948 e. The van der Waals surface area contributed by atoms with Crippen LogP contribution in [0.1, 0.15) is 31.3 Å². The lowest BCUT2D eigenvalue weighted by Crippen LogP contribution is -2.20. The van der Waals surface area contributed by atoms with Crippen molar-refractivity contribution in [2.75, 3.05) is 0 Å². The molecule has 0 aromatic carbocycles. The van der Waals surface area contributed by atoms with Crippen molar-refractivity contribution >= 4 is 0 Å². The van der Waals surface area contributed by atoms with Crippen molar-refractivity contribution in [1.29, 1.82) is 0 Å². The van der Waals surface area contributed by atoms with E-state index >= 15 is 0 Å². The molecule has 0 aliphatic carbocycles. The quantitative estimate of drug-likeness (QED) is 0.855. The molecule has 0 radical (unpaired) electrons. The first kappa shape index (κ1) is 11.8. The zero-order chi connectivity index (χ0) is 12.1. The number of nitrogens with zero attached hydrogens (tertiary/aromatic N) is 3. The predicted molar refractivity (Wildman–Crippen MR) is 67.4 cm³/mol. The van der Waals surface area contributed by atoms with Gasteiger partial charge >= 0.3 is 0 Å². The van der Waals surface area contributed by atoms with E-state index in [0.29, 0.717) is 0 Å². The summed E-state index contributed by atoms with van der Waals surface area (Å²) in [5.74, 6) is 0. The molecule has 0 saturated carbocycles. The van der Waals surface area contributed by atoms with Crippen molar-refractivity contribution in [3.05, 3.63) is 48.3 Å². The Bertz CT molecular complexity index is 449. The van der Waals surface area contributed by atoms with Gasteiger partial charge in [0.1, 0.15) is 0 Å². The van der Waals surface area contributed by atoms with Crippen molar-refractivity contribution in [2.45, 2.75) is 33.0 Å². The lowest BCUT2D eigenvalue weighted by atomic mass is 10.2. The Balaban J connectivity index is 1.95. The Kier molecular flexibility index (Phi) is 3.88. The molecule has 2 rings (SSSR count). The zero-order valence-corrected chi connectivity index (χ0v) is 10.3. The van der Waals surface area contributed by atoms with E-state index < -0.39 is 0 Å². The highest BCUT2D eigenvalue weighted by molar-refractivity contribution is 5.08. The van der Waals surface area contributed by atoms with Gasteiger partial charge in [-0.25, -0.2) is 4.98 Å². The maximum atomic E-state index is 4.34. The Morgan fingerprint density at radius 3 is 3.00 bits per heavy atom. The average molecular weight is 230 g/mol. The first-order chi connectivity index (χ1) is 8.31. The first-order valence-electron chi connectivity index (χ1n) is 5.94. The summed E-state index contributed by atoms with van der Waals surface area (Å²) in [5, 5.41) is 3.45.